The summed E-state index contributed by atoms with van der Waals surface area (Å²) >= 11 is 0. The van der Waals surface area contributed by atoms with Crippen molar-refractivity contribution in [3.63, 3.8) is 0 Å². The summed E-state index contributed by atoms with van der Waals surface area (Å²) in [7, 11) is 0. The Labute approximate surface area is 69.6 Å². The van der Waals surface area contributed by atoms with Gasteiger partial charge in [-0.15, -0.1) is 0 Å². The van der Waals surface area contributed by atoms with Gasteiger partial charge in [-0.1, -0.05) is 0 Å². The van der Waals surface area contributed by atoms with Crippen molar-refractivity contribution in [2.75, 3.05) is 0 Å². The molecule has 4 nitrogen and oxygen atoms in total. The summed E-state index contributed by atoms with van der Waals surface area (Å²) in [6.45, 7) is 0. The van der Waals surface area contributed by atoms with Crippen LogP contribution in [0.15, 0.2) is 0 Å². The molecule has 0 aromatic heterocycles. The van der Waals surface area contributed by atoms with Crippen LogP contribution in [0.2, 0.25) is 0 Å². The van der Waals surface area contributed by atoms with E-state index >= 15 is 0 Å². The van der Waals surface area contributed by atoms with Crippen LogP contribution in [0.25, 0.3) is 0 Å². The fraction of sp³-hybridized carbons (Fsp3) is 0. The van der Waals surface area contributed by atoms with Gasteiger partial charge in [-0.2, -0.15) is 0 Å². The van der Waals surface area contributed by atoms with Crippen LogP contribution >= 0.6 is 0 Å². The third kappa shape index (κ3) is 9.46. The zero-order valence-electron chi connectivity index (χ0n) is 2.71. The summed E-state index contributed by atoms with van der Waals surface area (Å²) in [5.74, 6) is -3.65. The van der Waals surface area contributed by atoms with Crippen molar-refractivity contribution in [2.45, 2.75) is 0 Å². The van der Waals surface area contributed by atoms with Crippen LogP contribution in [0, 0.1) is 0 Å². The monoisotopic (exact) mass is 106 g/mol. The molecule has 0 spiro atoms. The first-order valence-electron chi connectivity index (χ1n) is 1.11. The Balaban J connectivity index is -0.000000125. The Morgan fingerprint density at radius 2 is 1.00 bits per heavy atom. The molecule has 0 amide bonds. The molecule has 0 atom stereocenters. The molecule has 0 radical (unpaired) electrons. The second kappa shape index (κ2) is 7.13. The molecule has 2 N–H and O–H groups in total. The fourth-order valence-electron chi connectivity index (χ4n) is 0. The molecule has 0 aliphatic rings. The maximum absolute atomic E-state index is 9.10. The molecule has 6 heteroatoms. The molecule has 0 unspecified atom stereocenters. The van der Waals surface area contributed by atoms with Crippen molar-refractivity contribution in [2.24, 2.45) is 0 Å². The van der Waals surface area contributed by atoms with Gasteiger partial charge in [-0.05, 0) is 0 Å². The average molecular weight is 106 g/mol. The van der Waals surface area contributed by atoms with E-state index in [1.54, 1.807) is 0 Å². The standard InChI is InChI=1S/C2H2O4.2Li.2H/c3-1(4)2(5)6;;;;/h(H,3,4)(H,5,6);;;;. The molecule has 0 saturated heterocycles. The molecule has 0 bridgehead atoms. The topological polar surface area (TPSA) is 74.6 Å². The van der Waals surface area contributed by atoms with E-state index in [0.29, 0.717) is 0 Å². The third-order valence-corrected chi connectivity index (χ3v) is 0.183. The van der Waals surface area contributed by atoms with Crippen molar-refractivity contribution < 1.29 is 19.8 Å². The van der Waals surface area contributed by atoms with E-state index in [-0.39, 0.29) is 37.7 Å². The predicted molar refractivity (Wildman–Crippen MR) is 29.6 cm³/mol. The van der Waals surface area contributed by atoms with E-state index in [1.165, 1.54) is 0 Å². The Hall–Kier alpha value is 0.135. The number of hydrogen-bond donors (Lipinski definition) is 2. The number of carboxylic acid groups (broad SMARTS) is 2. The van der Waals surface area contributed by atoms with Gasteiger partial charge >= 0.3 is 49.7 Å². The molecule has 0 rings (SSSR count). The number of rotatable bonds is 0. The Morgan fingerprint density at radius 1 is 0.875 bits per heavy atom. The van der Waals surface area contributed by atoms with Gasteiger partial charge in [-0.25, -0.2) is 9.59 Å². The zero-order valence-corrected chi connectivity index (χ0v) is 2.71. The van der Waals surface area contributed by atoms with Gasteiger partial charge < -0.3 is 10.2 Å². The van der Waals surface area contributed by atoms with Crippen LogP contribution < -0.4 is 0 Å². The number of carbonyl (C=O) groups is 2. The summed E-state index contributed by atoms with van der Waals surface area (Å²) in [6, 6.07) is 0. The summed E-state index contributed by atoms with van der Waals surface area (Å²) < 4.78 is 0. The number of carboxylic acids is 2. The summed E-state index contributed by atoms with van der Waals surface area (Å²) in [5.41, 5.74) is 0. The second-order valence-corrected chi connectivity index (χ2v) is 0.610. The van der Waals surface area contributed by atoms with Gasteiger partial charge in [0.15, 0.2) is 0 Å². The van der Waals surface area contributed by atoms with E-state index in [0.717, 1.165) is 0 Å². The van der Waals surface area contributed by atoms with Crippen molar-refractivity contribution >= 4 is 49.7 Å². The third-order valence-electron chi connectivity index (χ3n) is 0.183. The SMILES string of the molecule is O=C(O)C(=O)O.[LiH].[LiH]. The first-order valence-corrected chi connectivity index (χ1v) is 1.11. The Bertz CT molecular complexity index is 78.0. The fourth-order valence-corrected chi connectivity index (χ4v) is 0. The molecule has 0 saturated carbocycles. The van der Waals surface area contributed by atoms with Crippen LogP contribution in [0.1, 0.15) is 0 Å². The maximum atomic E-state index is 9.10. The van der Waals surface area contributed by atoms with Crippen molar-refractivity contribution in [3.8, 4) is 0 Å². The molecule has 0 fully saturated rings. The Morgan fingerprint density at radius 3 is 1.00 bits per heavy atom. The molecule has 0 heterocycles. The van der Waals surface area contributed by atoms with Gasteiger partial charge in [0, 0.05) is 0 Å². The van der Waals surface area contributed by atoms with Crippen molar-refractivity contribution in [1.82, 2.24) is 0 Å². The molecule has 0 aromatic carbocycles. The van der Waals surface area contributed by atoms with Gasteiger partial charge in [-0.3, -0.25) is 0 Å². The van der Waals surface area contributed by atoms with Crippen LogP contribution in [-0.4, -0.2) is 59.9 Å². The first kappa shape index (κ1) is 15.7. The van der Waals surface area contributed by atoms with E-state index in [4.69, 9.17) is 19.8 Å². The van der Waals surface area contributed by atoms with Gasteiger partial charge in [0.2, 0.25) is 0 Å². The van der Waals surface area contributed by atoms with E-state index in [2.05, 4.69) is 0 Å². The summed E-state index contributed by atoms with van der Waals surface area (Å²) in [5, 5.41) is 14.8. The number of aliphatic carboxylic acids is 2. The van der Waals surface area contributed by atoms with Gasteiger partial charge in [0.25, 0.3) is 0 Å². The second-order valence-electron chi connectivity index (χ2n) is 0.610. The molecule has 0 aliphatic heterocycles. The molecule has 8 heavy (non-hydrogen) atoms. The van der Waals surface area contributed by atoms with Gasteiger partial charge in [0.1, 0.15) is 0 Å². The van der Waals surface area contributed by atoms with Crippen LogP contribution in [0.3, 0.4) is 0 Å². The Kier molecular flexibility index (Phi) is 14.0. The van der Waals surface area contributed by atoms with Gasteiger partial charge in [0.05, 0.1) is 0 Å². The molecule has 0 aromatic rings. The normalized spacial score (nSPS) is 5.50. The van der Waals surface area contributed by atoms with Crippen LogP contribution in [0.4, 0.5) is 0 Å². The molecule has 38 valence electrons. The zero-order chi connectivity index (χ0) is 5.15. The minimum absolute atomic E-state index is 0. The average Bonchev–Trinajstić information content (AvgIpc) is 1.36. The molecular weight excluding hydrogens is 102 g/mol. The molecule has 0 aliphatic carbocycles. The molecular formula is C2H4Li2O4. The number of hydrogen-bond acceptors (Lipinski definition) is 2. The quantitative estimate of drug-likeness (QED) is 0.273. The van der Waals surface area contributed by atoms with Crippen molar-refractivity contribution in [1.29, 1.82) is 0 Å². The summed E-state index contributed by atoms with van der Waals surface area (Å²) in [6.07, 6.45) is 0. The van der Waals surface area contributed by atoms with Crippen LogP contribution in [0.5, 0.6) is 0 Å². The summed E-state index contributed by atoms with van der Waals surface area (Å²) in [4.78, 5) is 18.2. The van der Waals surface area contributed by atoms with Crippen LogP contribution in [-0.2, 0) is 9.59 Å². The first-order chi connectivity index (χ1) is 2.64. The van der Waals surface area contributed by atoms with E-state index in [9.17, 15) is 0 Å². The van der Waals surface area contributed by atoms with E-state index < -0.39 is 11.9 Å². The van der Waals surface area contributed by atoms with Crippen molar-refractivity contribution in [3.05, 3.63) is 0 Å². The predicted octanol–water partition coefficient (Wildman–Crippen LogP) is -2.14. The van der Waals surface area contributed by atoms with E-state index in [1.807, 2.05) is 0 Å². The minimum atomic E-state index is -1.82.